The lowest BCUT2D eigenvalue weighted by Crippen LogP contribution is -2.45. The largest absolute Gasteiger partial charge is 0.315 e. The summed E-state index contributed by atoms with van der Waals surface area (Å²) in [6.07, 6.45) is 5.47. The van der Waals surface area contributed by atoms with E-state index < -0.39 is 0 Å². The minimum absolute atomic E-state index is 0.810. The average Bonchev–Trinajstić information content (AvgIpc) is 2.19. The third-order valence-electron chi connectivity index (χ3n) is 2.96. The number of likely N-dealkylation sites (tertiary alicyclic amines) is 1. The monoisotopic (exact) mass is 184 g/mol. The highest BCUT2D eigenvalue weighted by Gasteiger charge is 2.19. The summed E-state index contributed by atoms with van der Waals surface area (Å²) in [5, 5.41) is 3.53. The molecule has 0 aromatic rings. The molecule has 0 aromatic carbocycles. The summed E-state index contributed by atoms with van der Waals surface area (Å²) in [4.78, 5) is 2.62. The molecule has 2 nitrogen and oxygen atoms in total. The van der Waals surface area contributed by atoms with Gasteiger partial charge in [-0.2, -0.15) is 0 Å². The Bertz CT molecular complexity index is 125. The van der Waals surface area contributed by atoms with E-state index in [1.807, 2.05) is 0 Å². The molecule has 1 fully saturated rings. The third kappa shape index (κ3) is 3.65. The van der Waals surface area contributed by atoms with Crippen LogP contribution in [0.5, 0.6) is 0 Å². The fourth-order valence-corrected chi connectivity index (χ4v) is 2.15. The number of hydrogen-bond donors (Lipinski definition) is 1. The van der Waals surface area contributed by atoms with Gasteiger partial charge in [-0.1, -0.05) is 20.3 Å². The first-order chi connectivity index (χ1) is 6.38. The van der Waals surface area contributed by atoms with Gasteiger partial charge in [-0.25, -0.2) is 0 Å². The molecule has 1 N–H and O–H groups in total. The van der Waals surface area contributed by atoms with Crippen LogP contribution in [0.25, 0.3) is 0 Å². The van der Waals surface area contributed by atoms with Crippen molar-refractivity contribution in [1.82, 2.24) is 10.2 Å². The number of hydrogen-bond acceptors (Lipinski definition) is 2. The first kappa shape index (κ1) is 11.0. The van der Waals surface area contributed by atoms with Crippen molar-refractivity contribution in [1.29, 1.82) is 0 Å². The normalized spacial score (nSPS) is 24.9. The lowest BCUT2D eigenvalue weighted by molar-refractivity contribution is 0.153. The molecule has 0 amide bonds. The molecule has 1 atom stereocenters. The van der Waals surface area contributed by atoms with Gasteiger partial charge in [0.05, 0.1) is 0 Å². The van der Waals surface area contributed by atoms with Crippen LogP contribution in [0.4, 0.5) is 0 Å². The summed E-state index contributed by atoms with van der Waals surface area (Å²) in [6, 6.07) is 0.810. The Morgan fingerprint density at radius 1 is 1.31 bits per heavy atom. The fraction of sp³-hybridized carbons (Fsp3) is 1.00. The third-order valence-corrected chi connectivity index (χ3v) is 2.96. The lowest BCUT2D eigenvalue weighted by Gasteiger charge is -2.35. The second kappa shape index (κ2) is 6.39. The van der Waals surface area contributed by atoms with Crippen molar-refractivity contribution < 1.29 is 0 Å². The van der Waals surface area contributed by atoms with Crippen LogP contribution in [0, 0.1) is 0 Å². The molecule has 13 heavy (non-hydrogen) atoms. The molecule has 0 radical (unpaired) electrons. The van der Waals surface area contributed by atoms with Gasteiger partial charge in [0, 0.05) is 12.6 Å². The Hall–Kier alpha value is -0.0800. The predicted molar refractivity (Wildman–Crippen MR) is 58.0 cm³/mol. The van der Waals surface area contributed by atoms with E-state index in [0.29, 0.717) is 0 Å². The van der Waals surface area contributed by atoms with Crippen LogP contribution in [0.2, 0.25) is 0 Å². The Kier molecular flexibility index (Phi) is 5.40. The highest BCUT2D eigenvalue weighted by Crippen LogP contribution is 2.15. The van der Waals surface area contributed by atoms with Crippen LogP contribution in [0.3, 0.4) is 0 Å². The van der Waals surface area contributed by atoms with Crippen molar-refractivity contribution in [2.75, 3.05) is 26.2 Å². The molecule has 0 aromatic heterocycles. The van der Waals surface area contributed by atoms with E-state index in [9.17, 15) is 0 Å². The molecule has 1 heterocycles. The van der Waals surface area contributed by atoms with E-state index in [1.165, 1.54) is 51.9 Å². The number of nitrogens with zero attached hydrogens (tertiary/aromatic N) is 1. The first-order valence-electron chi connectivity index (χ1n) is 5.83. The lowest BCUT2D eigenvalue weighted by atomic mass is 10.0. The number of piperidine rings is 1. The van der Waals surface area contributed by atoms with E-state index in [4.69, 9.17) is 0 Å². The molecule has 0 unspecified atom stereocenters. The minimum atomic E-state index is 0.810. The van der Waals surface area contributed by atoms with Crippen LogP contribution in [-0.4, -0.2) is 37.1 Å². The van der Waals surface area contributed by atoms with Crippen molar-refractivity contribution in [2.45, 2.75) is 45.6 Å². The Morgan fingerprint density at radius 3 is 2.85 bits per heavy atom. The van der Waals surface area contributed by atoms with E-state index in [2.05, 4.69) is 24.1 Å². The molecule has 2 heteroatoms. The van der Waals surface area contributed by atoms with Crippen molar-refractivity contribution in [3.63, 3.8) is 0 Å². The maximum atomic E-state index is 3.53. The first-order valence-corrected chi connectivity index (χ1v) is 5.83. The summed E-state index contributed by atoms with van der Waals surface area (Å²) in [5.74, 6) is 0. The van der Waals surface area contributed by atoms with Crippen LogP contribution < -0.4 is 5.32 Å². The van der Waals surface area contributed by atoms with Crippen molar-refractivity contribution >= 4 is 0 Å². The standard InChI is InChI=1S/C11H24N2/c1-3-8-12-10-11-7-5-6-9-13(11)4-2/h11-12H,3-10H2,1-2H3/t11-/m1/s1. The zero-order chi connectivity index (χ0) is 9.52. The van der Waals surface area contributed by atoms with E-state index in [1.54, 1.807) is 0 Å². The van der Waals surface area contributed by atoms with Gasteiger partial charge in [-0.3, -0.25) is 4.90 Å². The molecule has 0 aliphatic carbocycles. The fourth-order valence-electron chi connectivity index (χ4n) is 2.15. The van der Waals surface area contributed by atoms with Gasteiger partial charge in [-0.15, -0.1) is 0 Å². The second-order valence-electron chi connectivity index (χ2n) is 3.98. The zero-order valence-corrected chi connectivity index (χ0v) is 9.18. The van der Waals surface area contributed by atoms with Gasteiger partial charge in [0.2, 0.25) is 0 Å². The summed E-state index contributed by atoms with van der Waals surface area (Å²) in [6.45, 7) is 9.41. The molecule has 1 rings (SSSR count). The van der Waals surface area contributed by atoms with Crippen LogP contribution in [-0.2, 0) is 0 Å². The summed E-state index contributed by atoms with van der Waals surface area (Å²) >= 11 is 0. The SMILES string of the molecule is CCCNC[C@H]1CCCCN1CC. The molecule has 78 valence electrons. The van der Waals surface area contributed by atoms with Crippen LogP contribution in [0.15, 0.2) is 0 Å². The number of rotatable bonds is 5. The molecule has 1 aliphatic heterocycles. The van der Waals surface area contributed by atoms with Crippen molar-refractivity contribution in [3.05, 3.63) is 0 Å². The highest BCUT2D eigenvalue weighted by atomic mass is 15.2. The highest BCUT2D eigenvalue weighted by molar-refractivity contribution is 4.77. The number of nitrogens with one attached hydrogen (secondary N) is 1. The van der Waals surface area contributed by atoms with Crippen molar-refractivity contribution in [3.8, 4) is 0 Å². The molecule has 0 saturated carbocycles. The van der Waals surface area contributed by atoms with Crippen molar-refractivity contribution in [2.24, 2.45) is 0 Å². The van der Waals surface area contributed by atoms with Crippen LogP contribution >= 0.6 is 0 Å². The van der Waals surface area contributed by atoms with Crippen LogP contribution in [0.1, 0.15) is 39.5 Å². The molecule has 1 saturated heterocycles. The summed E-state index contributed by atoms with van der Waals surface area (Å²) in [7, 11) is 0. The van der Waals surface area contributed by atoms with Gasteiger partial charge in [0.25, 0.3) is 0 Å². The number of likely N-dealkylation sites (N-methyl/N-ethyl adjacent to an activating group) is 1. The summed E-state index contributed by atoms with van der Waals surface area (Å²) < 4.78 is 0. The molecular formula is C11H24N2. The predicted octanol–water partition coefficient (Wildman–Crippen LogP) is 1.86. The molecule has 0 bridgehead atoms. The maximum Gasteiger partial charge on any atom is 0.0220 e. The quantitative estimate of drug-likeness (QED) is 0.656. The van der Waals surface area contributed by atoms with Gasteiger partial charge < -0.3 is 5.32 Å². The molecule has 1 aliphatic rings. The van der Waals surface area contributed by atoms with E-state index in [-0.39, 0.29) is 0 Å². The second-order valence-corrected chi connectivity index (χ2v) is 3.98. The Morgan fingerprint density at radius 2 is 2.15 bits per heavy atom. The molecular weight excluding hydrogens is 160 g/mol. The smallest absolute Gasteiger partial charge is 0.0220 e. The zero-order valence-electron chi connectivity index (χ0n) is 9.18. The maximum absolute atomic E-state index is 3.53. The van der Waals surface area contributed by atoms with Gasteiger partial charge >= 0.3 is 0 Å². The summed E-state index contributed by atoms with van der Waals surface area (Å²) in [5.41, 5.74) is 0. The molecule has 0 spiro atoms. The minimum Gasteiger partial charge on any atom is -0.315 e. The van der Waals surface area contributed by atoms with E-state index in [0.717, 1.165) is 6.04 Å². The Balaban J connectivity index is 2.19. The van der Waals surface area contributed by atoms with Gasteiger partial charge in [-0.05, 0) is 38.9 Å². The average molecular weight is 184 g/mol. The van der Waals surface area contributed by atoms with Gasteiger partial charge in [0.1, 0.15) is 0 Å². The topological polar surface area (TPSA) is 15.3 Å². The van der Waals surface area contributed by atoms with Gasteiger partial charge in [0.15, 0.2) is 0 Å². The van der Waals surface area contributed by atoms with E-state index >= 15 is 0 Å². The Labute approximate surface area is 82.7 Å².